The van der Waals surface area contributed by atoms with Gasteiger partial charge in [0.15, 0.2) is 0 Å². The van der Waals surface area contributed by atoms with Crippen LogP contribution < -0.4 is 0 Å². The molecule has 0 atom stereocenters. The number of hydrogen-bond donors (Lipinski definition) is 0. The van der Waals surface area contributed by atoms with Crippen LogP contribution in [0.5, 0.6) is 0 Å². The fourth-order valence-corrected chi connectivity index (χ4v) is 1.10. The Balaban J connectivity index is 3.14. The van der Waals surface area contributed by atoms with Crippen molar-refractivity contribution in [2.45, 2.75) is 6.18 Å². The van der Waals surface area contributed by atoms with E-state index in [1.165, 1.54) is 12.1 Å². The van der Waals surface area contributed by atoms with E-state index in [0.29, 0.717) is 0 Å². The Morgan fingerprint density at radius 1 is 1.36 bits per heavy atom. The molecule has 0 amide bonds. The van der Waals surface area contributed by atoms with E-state index in [9.17, 15) is 13.2 Å². The normalized spacial score (nSPS) is 11.6. The molecular formula is C7H3BrF3. The number of benzene rings is 1. The number of hydrogen-bond acceptors (Lipinski definition) is 0. The smallest absolute Gasteiger partial charge is 0.166 e. The standard InChI is InChI=1S/C7H3BrF3/c8-6-4-2-1-3-5(6)7(9,10)11/h2-4H. The highest BCUT2D eigenvalue weighted by atomic mass is 79.9. The van der Waals surface area contributed by atoms with Gasteiger partial charge >= 0.3 is 6.18 Å². The molecular weight excluding hydrogens is 221 g/mol. The van der Waals surface area contributed by atoms with Gasteiger partial charge in [0, 0.05) is 4.47 Å². The lowest BCUT2D eigenvalue weighted by atomic mass is 10.2. The maximum absolute atomic E-state index is 12.0. The molecule has 0 fully saturated rings. The number of rotatable bonds is 0. The summed E-state index contributed by atoms with van der Waals surface area (Å²) in [4.78, 5) is 0. The fourth-order valence-electron chi connectivity index (χ4n) is 0.629. The zero-order valence-corrected chi connectivity index (χ0v) is 6.83. The first kappa shape index (κ1) is 8.59. The van der Waals surface area contributed by atoms with Gasteiger partial charge in [0.25, 0.3) is 0 Å². The summed E-state index contributed by atoms with van der Waals surface area (Å²) >= 11 is 2.79. The van der Waals surface area contributed by atoms with Crippen molar-refractivity contribution < 1.29 is 13.2 Å². The van der Waals surface area contributed by atoms with Crippen molar-refractivity contribution >= 4 is 15.9 Å². The third-order valence-electron chi connectivity index (χ3n) is 1.12. The lowest BCUT2D eigenvalue weighted by molar-refractivity contribution is -0.138. The minimum Gasteiger partial charge on any atom is -0.166 e. The molecule has 0 aromatic heterocycles. The molecule has 1 rings (SSSR count). The van der Waals surface area contributed by atoms with Crippen LogP contribution in [0, 0.1) is 6.07 Å². The average Bonchev–Trinajstić information content (AvgIpc) is 1.86. The van der Waals surface area contributed by atoms with Crippen LogP contribution >= 0.6 is 15.9 Å². The summed E-state index contributed by atoms with van der Waals surface area (Å²) in [5.41, 5.74) is -0.694. The van der Waals surface area contributed by atoms with Crippen LogP contribution in [-0.4, -0.2) is 0 Å². The first-order valence-corrected chi connectivity index (χ1v) is 3.54. The summed E-state index contributed by atoms with van der Waals surface area (Å²) < 4.78 is 36.0. The van der Waals surface area contributed by atoms with Crippen LogP contribution in [0.25, 0.3) is 0 Å². The highest BCUT2D eigenvalue weighted by Crippen LogP contribution is 2.33. The molecule has 4 heteroatoms. The van der Waals surface area contributed by atoms with Crippen molar-refractivity contribution in [2.24, 2.45) is 0 Å². The second-order valence-electron chi connectivity index (χ2n) is 1.90. The fraction of sp³-hybridized carbons (Fsp3) is 0.143. The van der Waals surface area contributed by atoms with E-state index < -0.39 is 11.7 Å². The topological polar surface area (TPSA) is 0 Å². The lowest BCUT2D eigenvalue weighted by Crippen LogP contribution is -2.05. The van der Waals surface area contributed by atoms with Crippen molar-refractivity contribution in [2.75, 3.05) is 0 Å². The van der Waals surface area contributed by atoms with Crippen LogP contribution in [0.15, 0.2) is 22.7 Å². The van der Waals surface area contributed by atoms with Crippen LogP contribution in [0.1, 0.15) is 5.56 Å². The quantitative estimate of drug-likeness (QED) is 0.634. The highest BCUT2D eigenvalue weighted by Gasteiger charge is 2.32. The maximum Gasteiger partial charge on any atom is 0.417 e. The van der Waals surface area contributed by atoms with Gasteiger partial charge in [-0.05, 0) is 18.2 Å². The number of alkyl halides is 3. The molecule has 0 saturated carbocycles. The van der Waals surface area contributed by atoms with Crippen LogP contribution in [0.3, 0.4) is 0 Å². The minimum atomic E-state index is -4.30. The molecule has 1 aromatic carbocycles. The van der Waals surface area contributed by atoms with Crippen LogP contribution in [-0.2, 0) is 6.18 Å². The Labute approximate surface area is 70.2 Å². The second-order valence-corrected chi connectivity index (χ2v) is 2.76. The Kier molecular flexibility index (Phi) is 2.23. The van der Waals surface area contributed by atoms with E-state index in [0.717, 1.165) is 6.07 Å². The number of halogens is 4. The SMILES string of the molecule is FC(F)(F)c1c[c]ccc1Br. The molecule has 0 bridgehead atoms. The Morgan fingerprint density at radius 3 is 2.36 bits per heavy atom. The Bertz CT molecular complexity index is 254. The summed E-state index contributed by atoms with van der Waals surface area (Å²) in [7, 11) is 0. The maximum atomic E-state index is 12.0. The van der Waals surface area contributed by atoms with E-state index in [2.05, 4.69) is 22.0 Å². The van der Waals surface area contributed by atoms with Gasteiger partial charge in [-0.3, -0.25) is 0 Å². The average molecular weight is 224 g/mol. The van der Waals surface area contributed by atoms with E-state index in [1.807, 2.05) is 0 Å². The zero-order valence-electron chi connectivity index (χ0n) is 5.24. The molecule has 0 aliphatic heterocycles. The largest absolute Gasteiger partial charge is 0.417 e. The predicted octanol–water partition coefficient (Wildman–Crippen LogP) is 3.27. The molecule has 1 radical (unpaired) electrons. The third kappa shape index (κ3) is 1.96. The van der Waals surface area contributed by atoms with Gasteiger partial charge in [0.1, 0.15) is 0 Å². The second kappa shape index (κ2) is 2.85. The van der Waals surface area contributed by atoms with Gasteiger partial charge in [-0.15, -0.1) is 0 Å². The van der Waals surface area contributed by atoms with Crippen molar-refractivity contribution in [3.05, 3.63) is 34.3 Å². The summed E-state index contributed by atoms with van der Waals surface area (Å²) in [5.74, 6) is 0. The van der Waals surface area contributed by atoms with Crippen molar-refractivity contribution in [3.8, 4) is 0 Å². The molecule has 0 unspecified atom stereocenters. The van der Waals surface area contributed by atoms with E-state index in [-0.39, 0.29) is 4.47 Å². The molecule has 0 nitrogen and oxygen atoms in total. The monoisotopic (exact) mass is 223 g/mol. The zero-order chi connectivity index (χ0) is 8.48. The van der Waals surface area contributed by atoms with Gasteiger partial charge in [-0.1, -0.05) is 22.0 Å². The molecule has 0 aliphatic carbocycles. The molecule has 59 valence electrons. The lowest BCUT2D eigenvalue weighted by Gasteiger charge is -2.06. The van der Waals surface area contributed by atoms with Crippen molar-refractivity contribution in [3.63, 3.8) is 0 Å². The van der Waals surface area contributed by atoms with Gasteiger partial charge in [0.2, 0.25) is 0 Å². The summed E-state index contributed by atoms with van der Waals surface area (Å²) in [6, 6.07) is 5.99. The van der Waals surface area contributed by atoms with Crippen LogP contribution in [0.4, 0.5) is 13.2 Å². The van der Waals surface area contributed by atoms with Crippen molar-refractivity contribution in [1.82, 2.24) is 0 Å². The molecule has 0 N–H and O–H groups in total. The van der Waals surface area contributed by atoms with Gasteiger partial charge in [0.05, 0.1) is 5.56 Å². The molecule has 1 aromatic rings. The first-order chi connectivity index (χ1) is 5.02. The third-order valence-corrected chi connectivity index (χ3v) is 1.81. The molecule has 0 aliphatic rings. The Morgan fingerprint density at radius 2 is 2.00 bits per heavy atom. The van der Waals surface area contributed by atoms with Gasteiger partial charge in [-0.2, -0.15) is 13.2 Å². The Hall–Kier alpha value is -0.510. The molecule has 11 heavy (non-hydrogen) atoms. The van der Waals surface area contributed by atoms with Crippen LogP contribution in [0.2, 0.25) is 0 Å². The van der Waals surface area contributed by atoms with E-state index in [1.54, 1.807) is 0 Å². The summed E-state index contributed by atoms with van der Waals surface area (Å²) in [6.45, 7) is 0. The minimum absolute atomic E-state index is 0.0451. The van der Waals surface area contributed by atoms with E-state index >= 15 is 0 Å². The van der Waals surface area contributed by atoms with Gasteiger partial charge in [-0.25, -0.2) is 0 Å². The molecule has 0 heterocycles. The van der Waals surface area contributed by atoms with E-state index in [4.69, 9.17) is 0 Å². The molecule has 0 spiro atoms. The molecule has 0 saturated heterocycles. The van der Waals surface area contributed by atoms with Gasteiger partial charge < -0.3 is 0 Å². The summed E-state index contributed by atoms with van der Waals surface area (Å²) in [6.07, 6.45) is -4.30. The van der Waals surface area contributed by atoms with Crippen molar-refractivity contribution in [1.29, 1.82) is 0 Å². The first-order valence-electron chi connectivity index (χ1n) is 2.74. The predicted molar refractivity (Wildman–Crippen MR) is 38.0 cm³/mol. The highest BCUT2D eigenvalue weighted by molar-refractivity contribution is 9.10. The summed E-state index contributed by atoms with van der Waals surface area (Å²) in [5, 5.41) is 0.